The minimum absolute atomic E-state index is 0.148. The Hall–Kier alpha value is -1.69. The lowest BCUT2D eigenvalue weighted by molar-refractivity contribution is -0.148. The van der Waals surface area contributed by atoms with E-state index in [2.05, 4.69) is 36.4 Å². The van der Waals surface area contributed by atoms with Gasteiger partial charge >= 0.3 is 0 Å². The van der Waals surface area contributed by atoms with Crippen LogP contribution in [0.2, 0.25) is 0 Å². The smallest absolute Gasteiger partial charge is 0.242 e. The summed E-state index contributed by atoms with van der Waals surface area (Å²) in [7, 11) is 0. The molecule has 1 aliphatic carbocycles. The van der Waals surface area contributed by atoms with Gasteiger partial charge in [0, 0.05) is 29.3 Å². The van der Waals surface area contributed by atoms with Crippen molar-refractivity contribution in [3.63, 3.8) is 0 Å². The standard InChI is InChI=1S/C22H26N2O2S/c23-21(8-4-9-21)20(25)24-12-10-22(11-13-24)17-15-19(16-5-2-1-3-6-16)27-18(17)7-14-26-22/h1-3,5-6,15H,4,7-14,23H2. The van der Waals surface area contributed by atoms with Crippen LogP contribution in [0.5, 0.6) is 0 Å². The molecule has 142 valence electrons. The van der Waals surface area contributed by atoms with Crippen LogP contribution in [0, 0.1) is 0 Å². The Bertz CT molecular complexity index is 848. The van der Waals surface area contributed by atoms with Crippen LogP contribution in [-0.2, 0) is 21.6 Å². The van der Waals surface area contributed by atoms with Crippen LogP contribution in [-0.4, -0.2) is 36.0 Å². The topological polar surface area (TPSA) is 55.6 Å². The molecule has 2 aliphatic heterocycles. The summed E-state index contributed by atoms with van der Waals surface area (Å²) in [6, 6.07) is 12.9. The second-order valence-electron chi connectivity index (χ2n) is 8.21. The largest absolute Gasteiger partial charge is 0.370 e. The number of nitrogens with zero attached hydrogens (tertiary/aromatic N) is 1. The van der Waals surface area contributed by atoms with Crippen molar-refractivity contribution < 1.29 is 9.53 Å². The molecule has 0 radical (unpaired) electrons. The predicted octanol–water partition coefficient (Wildman–Crippen LogP) is 3.69. The van der Waals surface area contributed by atoms with Gasteiger partial charge in [0.25, 0.3) is 0 Å². The second kappa shape index (κ2) is 6.43. The third-order valence-electron chi connectivity index (χ3n) is 6.60. The van der Waals surface area contributed by atoms with Gasteiger partial charge in [-0.15, -0.1) is 11.3 Å². The van der Waals surface area contributed by atoms with Gasteiger partial charge in [-0.25, -0.2) is 0 Å². The van der Waals surface area contributed by atoms with Crippen molar-refractivity contribution >= 4 is 17.2 Å². The first-order chi connectivity index (χ1) is 13.1. The number of hydrogen-bond acceptors (Lipinski definition) is 4. The molecule has 0 atom stereocenters. The number of ether oxygens (including phenoxy) is 1. The Labute approximate surface area is 164 Å². The van der Waals surface area contributed by atoms with Crippen molar-refractivity contribution in [2.75, 3.05) is 19.7 Å². The van der Waals surface area contributed by atoms with Crippen molar-refractivity contribution in [2.24, 2.45) is 5.73 Å². The van der Waals surface area contributed by atoms with Crippen LogP contribution in [0.3, 0.4) is 0 Å². The molecular weight excluding hydrogens is 356 g/mol. The van der Waals surface area contributed by atoms with E-state index in [1.807, 2.05) is 16.2 Å². The number of amides is 1. The number of carbonyl (C=O) groups is 1. The number of benzene rings is 1. The van der Waals surface area contributed by atoms with Gasteiger partial charge in [0.05, 0.1) is 17.7 Å². The normalized spacial score (nSPS) is 22.9. The Morgan fingerprint density at radius 2 is 1.85 bits per heavy atom. The fourth-order valence-corrected chi connectivity index (χ4v) is 5.97. The SMILES string of the molecule is NC1(C(=O)N2CCC3(CC2)OCCc2sc(-c4ccccc4)cc23)CCC1. The van der Waals surface area contributed by atoms with Crippen molar-refractivity contribution in [1.82, 2.24) is 4.90 Å². The lowest BCUT2D eigenvalue weighted by atomic mass is 9.75. The van der Waals surface area contributed by atoms with Gasteiger partial charge in [-0.3, -0.25) is 4.79 Å². The van der Waals surface area contributed by atoms with E-state index < -0.39 is 5.54 Å². The van der Waals surface area contributed by atoms with Gasteiger partial charge in [0.1, 0.15) is 0 Å². The fraction of sp³-hybridized carbons (Fsp3) is 0.500. The average Bonchev–Trinajstić information content (AvgIpc) is 3.13. The highest BCUT2D eigenvalue weighted by Crippen LogP contribution is 2.47. The van der Waals surface area contributed by atoms with Crippen molar-refractivity contribution in [3.8, 4) is 10.4 Å². The van der Waals surface area contributed by atoms with Gasteiger partial charge in [-0.1, -0.05) is 30.3 Å². The molecule has 0 unspecified atom stereocenters. The molecule has 1 amide bonds. The van der Waals surface area contributed by atoms with Crippen LogP contribution in [0.4, 0.5) is 0 Å². The molecule has 5 heteroatoms. The minimum atomic E-state index is -0.591. The highest BCUT2D eigenvalue weighted by molar-refractivity contribution is 7.15. The zero-order valence-electron chi connectivity index (χ0n) is 15.6. The summed E-state index contributed by atoms with van der Waals surface area (Å²) >= 11 is 1.90. The van der Waals surface area contributed by atoms with E-state index >= 15 is 0 Å². The van der Waals surface area contributed by atoms with Gasteiger partial charge in [0.15, 0.2) is 0 Å². The van der Waals surface area contributed by atoms with Crippen molar-refractivity contribution in [2.45, 2.75) is 49.7 Å². The van der Waals surface area contributed by atoms with E-state index in [1.54, 1.807) is 0 Å². The van der Waals surface area contributed by atoms with E-state index in [4.69, 9.17) is 10.5 Å². The van der Waals surface area contributed by atoms with Crippen LogP contribution >= 0.6 is 11.3 Å². The van der Waals surface area contributed by atoms with Crippen LogP contribution < -0.4 is 5.73 Å². The molecule has 1 aromatic carbocycles. The van der Waals surface area contributed by atoms with Gasteiger partial charge in [-0.2, -0.15) is 0 Å². The van der Waals surface area contributed by atoms with E-state index in [9.17, 15) is 4.79 Å². The molecule has 1 aromatic heterocycles. The van der Waals surface area contributed by atoms with Gasteiger partial charge in [-0.05, 0) is 49.3 Å². The molecule has 2 N–H and O–H groups in total. The fourth-order valence-electron chi connectivity index (χ4n) is 4.73. The van der Waals surface area contributed by atoms with E-state index in [1.165, 1.54) is 20.9 Å². The number of fused-ring (bicyclic) bond motifs is 2. The maximum atomic E-state index is 12.8. The highest BCUT2D eigenvalue weighted by atomic mass is 32.1. The third kappa shape index (κ3) is 2.84. The van der Waals surface area contributed by atoms with E-state index in [-0.39, 0.29) is 11.5 Å². The van der Waals surface area contributed by atoms with Gasteiger partial charge < -0.3 is 15.4 Å². The Kier molecular flexibility index (Phi) is 4.15. The van der Waals surface area contributed by atoms with Gasteiger partial charge in [0.2, 0.25) is 5.91 Å². The second-order valence-corrected chi connectivity index (χ2v) is 9.34. The molecule has 3 heterocycles. The van der Waals surface area contributed by atoms with E-state index in [0.717, 1.165) is 58.2 Å². The number of thiophene rings is 1. The first kappa shape index (κ1) is 17.4. The summed E-state index contributed by atoms with van der Waals surface area (Å²) in [4.78, 5) is 17.5. The lowest BCUT2D eigenvalue weighted by Crippen LogP contribution is -2.61. The third-order valence-corrected chi connectivity index (χ3v) is 7.84. The number of carbonyl (C=O) groups excluding carboxylic acids is 1. The maximum Gasteiger partial charge on any atom is 0.242 e. The van der Waals surface area contributed by atoms with Crippen LogP contribution in [0.25, 0.3) is 10.4 Å². The molecule has 2 fully saturated rings. The molecule has 2 aromatic rings. The molecule has 4 nitrogen and oxygen atoms in total. The highest BCUT2D eigenvalue weighted by Gasteiger charge is 2.47. The number of nitrogens with two attached hydrogens (primary N) is 1. The zero-order valence-corrected chi connectivity index (χ0v) is 16.4. The van der Waals surface area contributed by atoms with Crippen molar-refractivity contribution in [1.29, 1.82) is 0 Å². The summed E-state index contributed by atoms with van der Waals surface area (Å²) in [6.45, 7) is 2.26. The van der Waals surface area contributed by atoms with Crippen LogP contribution in [0.1, 0.15) is 42.5 Å². The Morgan fingerprint density at radius 3 is 2.52 bits per heavy atom. The Balaban J connectivity index is 1.38. The molecule has 1 spiro atoms. The molecule has 1 saturated carbocycles. The predicted molar refractivity (Wildman–Crippen MR) is 108 cm³/mol. The quantitative estimate of drug-likeness (QED) is 0.862. The summed E-state index contributed by atoms with van der Waals surface area (Å²) in [5, 5.41) is 0. The molecular formula is C22H26N2O2S. The molecule has 27 heavy (non-hydrogen) atoms. The molecule has 1 saturated heterocycles. The summed E-state index contributed by atoms with van der Waals surface area (Å²) < 4.78 is 6.37. The maximum absolute atomic E-state index is 12.8. The average molecular weight is 383 g/mol. The number of hydrogen-bond donors (Lipinski definition) is 1. The number of rotatable bonds is 2. The summed E-state index contributed by atoms with van der Waals surface area (Å²) in [5.41, 5.74) is 8.08. The molecule has 0 bridgehead atoms. The first-order valence-corrected chi connectivity index (χ1v) is 10.8. The van der Waals surface area contributed by atoms with E-state index in [0.29, 0.717) is 0 Å². The zero-order chi connectivity index (χ0) is 18.5. The monoisotopic (exact) mass is 382 g/mol. The summed E-state index contributed by atoms with van der Waals surface area (Å²) in [5.74, 6) is 0.148. The van der Waals surface area contributed by atoms with Crippen LogP contribution in [0.15, 0.2) is 36.4 Å². The number of piperidine rings is 1. The number of likely N-dealkylation sites (tertiary alicyclic amines) is 1. The first-order valence-electron chi connectivity index (χ1n) is 10.0. The summed E-state index contributed by atoms with van der Waals surface area (Å²) in [6.07, 6.45) is 5.46. The minimum Gasteiger partial charge on any atom is -0.370 e. The Morgan fingerprint density at radius 1 is 1.11 bits per heavy atom. The molecule has 3 aliphatic rings. The lowest BCUT2D eigenvalue weighted by Gasteiger charge is -2.47. The van der Waals surface area contributed by atoms with Crippen molar-refractivity contribution in [3.05, 3.63) is 46.8 Å². The molecule has 5 rings (SSSR count).